The molecule has 27 heavy (non-hydrogen) atoms. The minimum atomic E-state index is -0.883. The lowest BCUT2D eigenvalue weighted by molar-refractivity contribution is -0.184. The van der Waals surface area contributed by atoms with Crippen molar-refractivity contribution >= 4 is 17.7 Å². The van der Waals surface area contributed by atoms with Crippen LogP contribution in [-0.2, 0) is 10.3 Å². The summed E-state index contributed by atoms with van der Waals surface area (Å²) in [6.07, 6.45) is 4.09. The fraction of sp³-hybridized carbons (Fsp3) is 0.409. The van der Waals surface area contributed by atoms with Crippen molar-refractivity contribution in [2.45, 2.75) is 29.3 Å². The number of amides is 1. The van der Waals surface area contributed by atoms with Crippen LogP contribution in [0.3, 0.4) is 0 Å². The number of hydrogen-bond donors (Lipinski definition) is 1. The van der Waals surface area contributed by atoms with Gasteiger partial charge in [0.05, 0.1) is 13.2 Å². The zero-order chi connectivity index (χ0) is 18.9. The van der Waals surface area contributed by atoms with Crippen LogP contribution in [0.1, 0.15) is 40.2 Å². The molecule has 1 N–H and O–H groups in total. The van der Waals surface area contributed by atoms with Gasteiger partial charge in [-0.1, -0.05) is 24.3 Å². The highest BCUT2D eigenvalue weighted by molar-refractivity contribution is 7.98. The molecule has 0 aliphatic carbocycles. The summed E-state index contributed by atoms with van der Waals surface area (Å²) in [7, 11) is 0. The summed E-state index contributed by atoms with van der Waals surface area (Å²) in [5.41, 5.74) is 1.99. The van der Waals surface area contributed by atoms with Crippen molar-refractivity contribution in [2.24, 2.45) is 0 Å². The Morgan fingerprint density at radius 3 is 2.22 bits per heavy atom. The molecule has 2 aliphatic heterocycles. The van der Waals surface area contributed by atoms with Gasteiger partial charge in [0.15, 0.2) is 0 Å². The maximum Gasteiger partial charge on any atom is 0.253 e. The molecule has 0 atom stereocenters. The van der Waals surface area contributed by atoms with Crippen LogP contribution < -0.4 is 0 Å². The van der Waals surface area contributed by atoms with Crippen molar-refractivity contribution in [3.05, 3.63) is 65.2 Å². The highest BCUT2D eigenvalue weighted by atomic mass is 32.2. The Kier molecular flexibility index (Phi) is 5.26. The molecule has 2 saturated heterocycles. The average molecular weight is 384 g/mol. The van der Waals surface area contributed by atoms with E-state index < -0.39 is 5.60 Å². The van der Waals surface area contributed by atoms with Gasteiger partial charge in [-0.3, -0.25) is 4.79 Å². The van der Waals surface area contributed by atoms with Crippen molar-refractivity contribution in [1.29, 1.82) is 0 Å². The first kappa shape index (κ1) is 18.5. The van der Waals surface area contributed by atoms with E-state index in [9.17, 15) is 9.90 Å². The summed E-state index contributed by atoms with van der Waals surface area (Å²) < 4.78 is 5.10. The normalized spacial score (nSPS) is 19.6. The van der Waals surface area contributed by atoms with E-state index >= 15 is 0 Å². The van der Waals surface area contributed by atoms with Gasteiger partial charge in [0.2, 0.25) is 0 Å². The van der Waals surface area contributed by atoms with E-state index in [-0.39, 0.29) is 5.91 Å². The molecule has 2 aromatic rings. The highest BCUT2D eigenvalue weighted by Crippen LogP contribution is 2.31. The second-order valence-corrected chi connectivity index (χ2v) is 8.32. The lowest BCUT2D eigenvalue weighted by atomic mass is 9.89. The largest absolute Gasteiger partial charge is 0.380 e. The zero-order valence-corrected chi connectivity index (χ0v) is 16.4. The fourth-order valence-corrected chi connectivity index (χ4v) is 4.27. The lowest BCUT2D eigenvalue weighted by Crippen LogP contribution is -2.46. The number of likely N-dealkylation sites (tertiary alicyclic amines) is 1. The van der Waals surface area contributed by atoms with Gasteiger partial charge in [0, 0.05) is 23.5 Å². The number of hydrogen-bond acceptors (Lipinski definition) is 4. The van der Waals surface area contributed by atoms with E-state index in [0.717, 1.165) is 31.5 Å². The molecule has 1 amide bonds. The molecule has 5 heteroatoms. The Bertz CT molecular complexity index is 791. The molecule has 0 aromatic heterocycles. The number of rotatable bonds is 4. The molecule has 2 heterocycles. The molecule has 0 bridgehead atoms. The first-order valence-corrected chi connectivity index (χ1v) is 10.7. The molecular weight excluding hydrogens is 358 g/mol. The summed E-state index contributed by atoms with van der Waals surface area (Å²) >= 11 is 1.76. The van der Waals surface area contributed by atoms with Gasteiger partial charge in [-0.2, -0.15) is 0 Å². The molecule has 0 saturated carbocycles. The van der Waals surface area contributed by atoms with Crippen LogP contribution in [0.15, 0.2) is 53.4 Å². The van der Waals surface area contributed by atoms with Crippen LogP contribution in [0.5, 0.6) is 0 Å². The molecule has 142 valence electrons. The topological polar surface area (TPSA) is 49.8 Å². The quantitative estimate of drug-likeness (QED) is 0.819. The number of carbonyl (C=O) groups excluding carboxylic acids is 1. The van der Waals surface area contributed by atoms with Gasteiger partial charge in [0.25, 0.3) is 5.91 Å². The second-order valence-electron chi connectivity index (χ2n) is 7.44. The zero-order valence-electron chi connectivity index (χ0n) is 15.6. The van der Waals surface area contributed by atoms with Crippen molar-refractivity contribution < 1.29 is 14.6 Å². The smallest absolute Gasteiger partial charge is 0.253 e. The number of ether oxygens (including phenoxy) is 1. The van der Waals surface area contributed by atoms with Gasteiger partial charge in [-0.25, -0.2) is 0 Å². The van der Waals surface area contributed by atoms with E-state index in [1.54, 1.807) is 11.8 Å². The third-order valence-electron chi connectivity index (χ3n) is 5.72. The Morgan fingerprint density at radius 1 is 1.07 bits per heavy atom. The number of carbonyl (C=O) groups is 1. The van der Waals surface area contributed by atoms with Crippen LogP contribution in [0.2, 0.25) is 0 Å². The van der Waals surface area contributed by atoms with Crippen LogP contribution in [-0.4, -0.2) is 48.5 Å². The maximum atomic E-state index is 12.8. The first-order valence-electron chi connectivity index (χ1n) is 9.43. The molecular formula is C22H25NO3S. The maximum absolute atomic E-state index is 12.8. The monoisotopic (exact) mass is 383 g/mol. The average Bonchev–Trinajstić information content (AvgIpc) is 2.72. The van der Waals surface area contributed by atoms with Crippen LogP contribution in [0.4, 0.5) is 0 Å². The van der Waals surface area contributed by atoms with Crippen LogP contribution >= 0.6 is 11.8 Å². The van der Waals surface area contributed by atoms with Gasteiger partial charge < -0.3 is 14.7 Å². The van der Waals surface area contributed by atoms with E-state index in [4.69, 9.17) is 4.74 Å². The van der Waals surface area contributed by atoms with Gasteiger partial charge in [-0.15, -0.1) is 11.8 Å². The van der Waals surface area contributed by atoms with Gasteiger partial charge >= 0.3 is 0 Å². The summed E-state index contributed by atoms with van der Waals surface area (Å²) in [6.45, 7) is 2.22. The SMILES string of the molecule is CSc1ccc(C2CCN(C(=O)c3ccc(C4(O)COC4)cc3)CC2)cc1. The highest BCUT2D eigenvalue weighted by Gasteiger charge is 2.38. The number of thioether (sulfide) groups is 1. The van der Waals surface area contributed by atoms with E-state index in [0.29, 0.717) is 24.7 Å². The third-order valence-corrected chi connectivity index (χ3v) is 6.46. The Hall–Kier alpha value is -1.82. The van der Waals surface area contributed by atoms with Gasteiger partial charge in [-0.05, 0) is 60.4 Å². The minimum absolute atomic E-state index is 0.0783. The van der Waals surface area contributed by atoms with Crippen molar-refractivity contribution in [3.63, 3.8) is 0 Å². The molecule has 0 spiro atoms. The molecule has 2 fully saturated rings. The molecule has 2 aliphatic rings. The summed E-state index contributed by atoms with van der Waals surface area (Å²) in [4.78, 5) is 16.0. The molecule has 2 aromatic carbocycles. The molecule has 0 radical (unpaired) electrons. The van der Waals surface area contributed by atoms with E-state index in [2.05, 4.69) is 30.5 Å². The van der Waals surface area contributed by atoms with Crippen molar-refractivity contribution in [1.82, 2.24) is 4.90 Å². The van der Waals surface area contributed by atoms with Crippen molar-refractivity contribution in [3.8, 4) is 0 Å². The van der Waals surface area contributed by atoms with Crippen LogP contribution in [0, 0.1) is 0 Å². The predicted molar refractivity (Wildman–Crippen MR) is 107 cm³/mol. The van der Waals surface area contributed by atoms with Crippen LogP contribution in [0.25, 0.3) is 0 Å². The molecule has 4 rings (SSSR count). The summed E-state index contributed by atoms with van der Waals surface area (Å²) in [6, 6.07) is 16.1. The molecule has 4 nitrogen and oxygen atoms in total. The van der Waals surface area contributed by atoms with E-state index in [1.807, 2.05) is 29.2 Å². The second kappa shape index (κ2) is 7.66. The lowest BCUT2D eigenvalue weighted by Gasteiger charge is -2.37. The fourth-order valence-electron chi connectivity index (χ4n) is 3.86. The summed E-state index contributed by atoms with van der Waals surface area (Å²) in [5.74, 6) is 0.606. The molecule has 0 unspecified atom stereocenters. The third kappa shape index (κ3) is 3.77. The Morgan fingerprint density at radius 2 is 1.70 bits per heavy atom. The number of nitrogens with zero attached hydrogens (tertiary/aromatic N) is 1. The first-order chi connectivity index (χ1) is 13.1. The number of aliphatic hydroxyl groups is 1. The Balaban J connectivity index is 1.36. The van der Waals surface area contributed by atoms with Crippen molar-refractivity contribution in [2.75, 3.05) is 32.6 Å². The Labute approximate surface area is 164 Å². The summed E-state index contributed by atoms with van der Waals surface area (Å²) in [5, 5.41) is 10.3. The van der Waals surface area contributed by atoms with E-state index in [1.165, 1.54) is 10.5 Å². The standard InChI is InChI=1S/C22H25NO3S/c1-27-20-8-4-16(5-9-20)17-10-12-23(13-11-17)21(24)18-2-6-19(7-3-18)22(25)14-26-15-22/h2-9,17,25H,10-15H2,1H3. The number of piperidine rings is 1. The minimum Gasteiger partial charge on any atom is -0.380 e. The number of benzene rings is 2. The van der Waals surface area contributed by atoms with Gasteiger partial charge in [0.1, 0.15) is 5.60 Å². The predicted octanol–water partition coefficient (Wildman–Crippen LogP) is 3.65.